The Labute approximate surface area is 102 Å². The van der Waals surface area contributed by atoms with E-state index in [1.807, 2.05) is 0 Å². The van der Waals surface area contributed by atoms with Crippen LogP contribution >= 0.6 is 0 Å². The van der Waals surface area contributed by atoms with Gasteiger partial charge in [0.25, 0.3) is 0 Å². The van der Waals surface area contributed by atoms with Crippen molar-refractivity contribution in [3.63, 3.8) is 0 Å². The van der Waals surface area contributed by atoms with E-state index in [0.717, 1.165) is 6.07 Å². The third kappa shape index (κ3) is 2.21. The molecule has 0 aliphatic carbocycles. The summed E-state index contributed by atoms with van der Waals surface area (Å²) in [6.07, 6.45) is 2.64. The molecule has 0 bridgehead atoms. The number of carboxylic acids is 1. The Kier molecular flexibility index (Phi) is 3.33. The van der Waals surface area contributed by atoms with Crippen LogP contribution in [0.2, 0.25) is 0 Å². The number of aliphatic carboxylic acids is 1. The zero-order valence-electron chi connectivity index (χ0n) is 9.32. The Hall–Kier alpha value is -2.28. The van der Waals surface area contributed by atoms with E-state index in [0.29, 0.717) is 5.56 Å². The maximum absolute atomic E-state index is 13.9. The molecule has 1 heterocycles. The lowest BCUT2D eigenvalue weighted by molar-refractivity contribution is -0.138. The number of benzene rings is 1. The largest absolute Gasteiger partial charge is 0.481 e. The van der Waals surface area contributed by atoms with Gasteiger partial charge in [-0.05, 0) is 17.7 Å². The Morgan fingerprint density at radius 3 is 2.83 bits per heavy atom. The molecule has 1 aromatic carbocycles. The maximum atomic E-state index is 13.9. The highest BCUT2D eigenvalue weighted by Gasteiger charge is 2.19. The molecule has 6 nitrogen and oxygen atoms in total. The van der Waals surface area contributed by atoms with Crippen molar-refractivity contribution in [3.8, 4) is 5.69 Å². The number of carboxylic acid groups (broad SMARTS) is 1. The fourth-order valence-electron chi connectivity index (χ4n) is 1.64. The van der Waals surface area contributed by atoms with Crippen molar-refractivity contribution in [3.05, 3.63) is 42.2 Å². The van der Waals surface area contributed by atoms with Gasteiger partial charge in [0.2, 0.25) is 0 Å². The van der Waals surface area contributed by atoms with Gasteiger partial charge in [0.05, 0.1) is 5.92 Å². The lowest BCUT2D eigenvalue weighted by Crippen LogP contribution is -2.21. The molecule has 94 valence electrons. The SMILES string of the molecule is NCC(C(=O)O)c1ccc(-n2cncn2)c(F)c1. The number of hydrogen-bond donors (Lipinski definition) is 2. The van der Waals surface area contributed by atoms with Crippen molar-refractivity contribution in [2.45, 2.75) is 5.92 Å². The molecular weight excluding hydrogens is 239 g/mol. The molecule has 0 amide bonds. The van der Waals surface area contributed by atoms with Crippen LogP contribution in [0.15, 0.2) is 30.9 Å². The first-order valence-electron chi connectivity index (χ1n) is 5.20. The number of nitrogens with zero attached hydrogens (tertiary/aromatic N) is 3. The van der Waals surface area contributed by atoms with Crippen molar-refractivity contribution < 1.29 is 14.3 Å². The van der Waals surface area contributed by atoms with Crippen LogP contribution in [-0.2, 0) is 4.79 Å². The molecule has 2 aromatic rings. The molecule has 0 saturated carbocycles. The highest BCUT2D eigenvalue weighted by Crippen LogP contribution is 2.20. The quantitative estimate of drug-likeness (QED) is 0.825. The van der Waals surface area contributed by atoms with E-state index in [-0.39, 0.29) is 12.2 Å². The van der Waals surface area contributed by atoms with Gasteiger partial charge in [0.15, 0.2) is 0 Å². The molecule has 1 aromatic heterocycles. The summed E-state index contributed by atoms with van der Waals surface area (Å²) in [6.45, 7) is -0.0859. The van der Waals surface area contributed by atoms with Gasteiger partial charge >= 0.3 is 5.97 Å². The molecule has 3 N–H and O–H groups in total. The Balaban J connectivity index is 2.39. The molecule has 0 spiro atoms. The van der Waals surface area contributed by atoms with E-state index in [1.54, 1.807) is 0 Å². The van der Waals surface area contributed by atoms with Crippen LogP contribution in [-0.4, -0.2) is 32.4 Å². The first kappa shape index (κ1) is 12.2. The summed E-state index contributed by atoms with van der Waals surface area (Å²) in [6, 6.07) is 4.12. The topological polar surface area (TPSA) is 94.0 Å². The molecule has 7 heteroatoms. The zero-order valence-corrected chi connectivity index (χ0v) is 9.32. The maximum Gasteiger partial charge on any atom is 0.312 e. The zero-order chi connectivity index (χ0) is 13.1. The third-order valence-electron chi connectivity index (χ3n) is 2.57. The molecular formula is C11H11FN4O2. The van der Waals surface area contributed by atoms with Crippen molar-refractivity contribution in [1.29, 1.82) is 0 Å². The summed E-state index contributed by atoms with van der Waals surface area (Å²) in [5, 5.41) is 12.7. The average molecular weight is 250 g/mol. The molecule has 1 unspecified atom stereocenters. The predicted molar refractivity (Wildman–Crippen MR) is 60.7 cm³/mol. The average Bonchev–Trinajstić information content (AvgIpc) is 2.83. The highest BCUT2D eigenvalue weighted by molar-refractivity contribution is 5.76. The molecule has 0 fully saturated rings. The van der Waals surface area contributed by atoms with E-state index in [9.17, 15) is 9.18 Å². The van der Waals surface area contributed by atoms with Gasteiger partial charge in [-0.1, -0.05) is 6.07 Å². The van der Waals surface area contributed by atoms with Crippen molar-refractivity contribution in [2.24, 2.45) is 5.73 Å². The minimum Gasteiger partial charge on any atom is -0.481 e. The lowest BCUT2D eigenvalue weighted by Gasteiger charge is -2.11. The van der Waals surface area contributed by atoms with E-state index in [2.05, 4.69) is 10.1 Å². The van der Waals surface area contributed by atoms with E-state index < -0.39 is 17.7 Å². The van der Waals surface area contributed by atoms with Crippen LogP contribution in [0.4, 0.5) is 4.39 Å². The number of carbonyl (C=O) groups is 1. The van der Waals surface area contributed by atoms with Gasteiger partial charge in [-0.15, -0.1) is 0 Å². The summed E-state index contributed by atoms with van der Waals surface area (Å²) < 4.78 is 15.1. The summed E-state index contributed by atoms with van der Waals surface area (Å²) in [5.41, 5.74) is 5.89. The fourth-order valence-corrected chi connectivity index (χ4v) is 1.64. The van der Waals surface area contributed by atoms with E-state index in [4.69, 9.17) is 10.8 Å². The van der Waals surface area contributed by atoms with Gasteiger partial charge in [0, 0.05) is 6.54 Å². The molecule has 0 radical (unpaired) electrons. The number of aromatic nitrogens is 3. The van der Waals surface area contributed by atoms with Crippen LogP contribution in [0.5, 0.6) is 0 Å². The van der Waals surface area contributed by atoms with Crippen molar-refractivity contribution in [1.82, 2.24) is 14.8 Å². The number of nitrogens with two attached hydrogens (primary N) is 1. The van der Waals surface area contributed by atoms with E-state index >= 15 is 0 Å². The number of rotatable bonds is 4. The van der Waals surface area contributed by atoms with Crippen LogP contribution in [0.3, 0.4) is 0 Å². The van der Waals surface area contributed by atoms with Gasteiger partial charge < -0.3 is 10.8 Å². The Morgan fingerprint density at radius 2 is 2.33 bits per heavy atom. The minimum absolute atomic E-state index is 0.0859. The smallest absolute Gasteiger partial charge is 0.312 e. The lowest BCUT2D eigenvalue weighted by atomic mass is 9.99. The predicted octanol–water partition coefficient (Wildman–Crippen LogP) is 0.533. The normalized spacial score (nSPS) is 12.3. The summed E-state index contributed by atoms with van der Waals surface area (Å²) in [4.78, 5) is 14.6. The second kappa shape index (κ2) is 4.92. The molecule has 18 heavy (non-hydrogen) atoms. The summed E-state index contributed by atoms with van der Waals surface area (Å²) in [7, 11) is 0. The van der Waals surface area contributed by atoms with Crippen LogP contribution in [0.25, 0.3) is 5.69 Å². The van der Waals surface area contributed by atoms with E-state index in [1.165, 1.54) is 29.5 Å². The second-order valence-electron chi connectivity index (χ2n) is 3.68. The van der Waals surface area contributed by atoms with Gasteiger partial charge in [-0.2, -0.15) is 5.10 Å². The van der Waals surface area contributed by atoms with Crippen molar-refractivity contribution >= 4 is 5.97 Å². The Morgan fingerprint density at radius 1 is 1.56 bits per heavy atom. The van der Waals surface area contributed by atoms with Crippen LogP contribution in [0.1, 0.15) is 11.5 Å². The summed E-state index contributed by atoms with van der Waals surface area (Å²) >= 11 is 0. The second-order valence-corrected chi connectivity index (χ2v) is 3.68. The number of halogens is 1. The molecule has 0 aliphatic rings. The van der Waals surface area contributed by atoms with Gasteiger partial charge in [0.1, 0.15) is 24.2 Å². The number of hydrogen-bond acceptors (Lipinski definition) is 4. The third-order valence-corrected chi connectivity index (χ3v) is 2.57. The first-order valence-corrected chi connectivity index (χ1v) is 5.20. The summed E-state index contributed by atoms with van der Waals surface area (Å²) in [5.74, 6) is -2.56. The standard InChI is InChI=1S/C11H11FN4O2/c12-9-3-7(8(4-13)11(17)18)1-2-10(9)16-6-14-5-15-16/h1-3,5-6,8H,4,13H2,(H,17,18). The minimum atomic E-state index is -1.08. The molecule has 0 saturated heterocycles. The van der Waals surface area contributed by atoms with Crippen molar-refractivity contribution in [2.75, 3.05) is 6.54 Å². The van der Waals surface area contributed by atoms with Gasteiger partial charge in [-0.3, -0.25) is 4.79 Å². The van der Waals surface area contributed by atoms with Crippen LogP contribution in [0, 0.1) is 5.82 Å². The fraction of sp³-hybridized carbons (Fsp3) is 0.182. The molecule has 1 atom stereocenters. The Bertz CT molecular complexity index is 556. The molecule has 0 aliphatic heterocycles. The first-order chi connectivity index (χ1) is 8.63. The van der Waals surface area contributed by atoms with Crippen LogP contribution < -0.4 is 5.73 Å². The van der Waals surface area contributed by atoms with Gasteiger partial charge in [-0.25, -0.2) is 14.1 Å². The monoisotopic (exact) mass is 250 g/mol. The molecule has 2 rings (SSSR count). The highest BCUT2D eigenvalue weighted by atomic mass is 19.1.